The van der Waals surface area contributed by atoms with Crippen LogP contribution in [0, 0.1) is 0 Å². The van der Waals surface area contributed by atoms with Gasteiger partial charge in [0.2, 0.25) is 5.91 Å². The molecule has 1 amide bonds. The number of hydrogen-bond donors (Lipinski definition) is 2. The number of carbonyl (C=O) groups is 2. The summed E-state index contributed by atoms with van der Waals surface area (Å²) < 4.78 is 15.4. The minimum atomic E-state index is -0.710. The van der Waals surface area contributed by atoms with Gasteiger partial charge in [-0.2, -0.15) is 0 Å². The van der Waals surface area contributed by atoms with Crippen LogP contribution in [0.4, 0.5) is 11.4 Å². The molecule has 24 heavy (non-hydrogen) atoms. The zero-order chi connectivity index (χ0) is 17.7. The Bertz CT molecular complexity index is 617. The molecular weight excluding hydrogens is 336 g/mol. The van der Waals surface area contributed by atoms with Gasteiger partial charge in [0.1, 0.15) is 16.8 Å². The number of ether oxygens (including phenoxy) is 3. The number of rotatable bonds is 7. The number of nitrogens with one attached hydrogen (secondary N) is 2. The summed E-state index contributed by atoms with van der Waals surface area (Å²) in [5, 5.41) is 5.19. The lowest BCUT2D eigenvalue weighted by atomic mass is 10.1. The number of halogens is 1. The minimum absolute atomic E-state index is 0.105. The van der Waals surface area contributed by atoms with Crippen LogP contribution in [0.15, 0.2) is 12.1 Å². The highest BCUT2D eigenvalue weighted by molar-refractivity contribution is 6.32. The van der Waals surface area contributed by atoms with Crippen molar-refractivity contribution < 1.29 is 23.8 Å². The van der Waals surface area contributed by atoms with Crippen LogP contribution in [0.5, 0.6) is 5.75 Å². The first-order valence-electron chi connectivity index (χ1n) is 7.57. The van der Waals surface area contributed by atoms with Gasteiger partial charge in [-0.25, -0.2) is 4.79 Å². The van der Waals surface area contributed by atoms with Gasteiger partial charge < -0.3 is 24.8 Å². The van der Waals surface area contributed by atoms with E-state index < -0.39 is 11.3 Å². The number of carbonyl (C=O) groups excluding carboxylic acids is 2. The summed E-state index contributed by atoms with van der Waals surface area (Å²) in [4.78, 5) is 23.8. The van der Waals surface area contributed by atoms with E-state index in [4.69, 9.17) is 25.8 Å². The normalized spacial score (nSPS) is 17.4. The van der Waals surface area contributed by atoms with Crippen LogP contribution in [-0.2, 0) is 14.3 Å². The molecule has 0 spiro atoms. The van der Waals surface area contributed by atoms with Gasteiger partial charge in [0, 0.05) is 13.2 Å². The summed E-state index contributed by atoms with van der Waals surface area (Å²) in [6.45, 7) is 2.86. The molecule has 7 nitrogen and oxygen atoms in total. The molecule has 1 aliphatic heterocycles. The number of benzene rings is 1. The summed E-state index contributed by atoms with van der Waals surface area (Å²) in [5.41, 5.74) is 1.26. The monoisotopic (exact) mass is 356 g/mol. The van der Waals surface area contributed by atoms with Crippen molar-refractivity contribution in [2.45, 2.75) is 24.8 Å². The fourth-order valence-corrected chi connectivity index (χ4v) is 2.23. The Balaban J connectivity index is 2.34. The van der Waals surface area contributed by atoms with E-state index in [0.29, 0.717) is 29.2 Å². The summed E-state index contributed by atoms with van der Waals surface area (Å²) in [5.74, 6) is -0.538. The molecule has 8 heteroatoms. The second-order valence-electron chi connectivity index (χ2n) is 5.36. The highest BCUT2D eigenvalue weighted by Gasteiger charge is 2.22. The van der Waals surface area contributed by atoms with Gasteiger partial charge in [0.25, 0.3) is 0 Å². The van der Waals surface area contributed by atoms with Crippen molar-refractivity contribution in [3.05, 3.63) is 17.7 Å². The van der Waals surface area contributed by atoms with E-state index in [1.165, 1.54) is 20.3 Å². The lowest BCUT2D eigenvalue weighted by molar-refractivity contribution is -0.115. The van der Waals surface area contributed by atoms with E-state index in [2.05, 4.69) is 10.6 Å². The molecule has 1 aromatic rings. The van der Waals surface area contributed by atoms with E-state index in [0.717, 1.165) is 13.0 Å². The van der Waals surface area contributed by atoms with Crippen molar-refractivity contribution in [3.8, 4) is 5.75 Å². The van der Waals surface area contributed by atoms with Crippen molar-refractivity contribution >= 4 is 34.9 Å². The maximum Gasteiger partial charge on any atom is 0.338 e. The number of alkyl halides is 1. The fourth-order valence-electron chi connectivity index (χ4n) is 2.17. The Labute approximate surface area is 145 Å². The number of methoxy groups -OCH3 is 2. The molecule has 1 fully saturated rings. The average Bonchev–Trinajstić information content (AvgIpc) is 2.53. The summed E-state index contributed by atoms with van der Waals surface area (Å²) in [7, 11) is 2.75. The summed E-state index contributed by atoms with van der Waals surface area (Å²) in [6, 6.07) is 3.10. The molecular formula is C16H21ClN2O5. The zero-order valence-corrected chi connectivity index (χ0v) is 14.6. The molecule has 1 unspecified atom stereocenters. The van der Waals surface area contributed by atoms with Gasteiger partial charge in [-0.1, -0.05) is 0 Å². The van der Waals surface area contributed by atoms with Crippen LogP contribution in [-0.4, -0.2) is 50.7 Å². The van der Waals surface area contributed by atoms with Crippen molar-refractivity contribution in [2.24, 2.45) is 0 Å². The molecule has 2 N–H and O–H groups in total. The van der Waals surface area contributed by atoms with Gasteiger partial charge in [0.15, 0.2) is 0 Å². The maximum atomic E-state index is 12.0. The molecule has 132 valence electrons. The van der Waals surface area contributed by atoms with Crippen LogP contribution in [0.2, 0.25) is 0 Å². The minimum Gasteiger partial charge on any atom is -0.494 e. The highest BCUT2D eigenvalue weighted by Crippen LogP contribution is 2.35. The van der Waals surface area contributed by atoms with E-state index in [9.17, 15) is 9.59 Å². The van der Waals surface area contributed by atoms with Gasteiger partial charge >= 0.3 is 5.97 Å². The number of hydrogen-bond acceptors (Lipinski definition) is 6. The molecule has 1 aromatic carbocycles. The van der Waals surface area contributed by atoms with Crippen molar-refractivity contribution in [3.63, 3.8) is 0 Å². The molecule has 1 saturated heterocycles. The Morgan fingerprint density at radius 2 is 2.12 bits per heavy atom. The Morgan fingerprint density at radius 1 is 1.42 bits per heavy atom. The molecule has 2 rings (SSSR count). The zero-order valence-electron chi connectivity index (χ0n) is 13.8. The lowest BCUT2D eigenvalue weighted by Gasteiger charge is -2.27. The SMILES string of the molecule is COC(=O)c1cc(NC[C@@H]2CCO2)c(NC(=O)C(C)Cl)c(OC)c1. The molecule has 1 aliphatic rings. The predicted molar refractivity (Wildman–Crippen MR) is 91.1 cm³/mol. The summed E-state index contributed by atoms with van der Waals surface area (Å²) in [6.07, 6.45) is 1.06. The fraction of sp³-hybridized carbons (Fsp3) is 0.500. The first kappa shape index (κ1) is 18.4. The Kier molecular flexibility index (Phi) is 6.28. The molecule has 1 heterocycles. The third-order valence-corrected chi connectivity index (χ3v) is 3.86. The van der Waals surface area contributed by atoms with E-state index in [1.54, 1.807) is 13.0 Å². The van der Waals surface area contributed by atoms with Crippen LogP contribution in [0.3, 0.4) is 0 Å². The molecule has 0 bridgehead atoms. The Hall–Kier alpha value is -1.99. The molecule has 0 aromatic heterocycles. The first-order chi connectivity index (χ1) is 11.5. The smallest absolute Gasteiger partial charge is 0.338 e. The highest BCUT2D eigenvalue weighted by atomic mass is 35.5. The number of esters is 1. The summed E-state index contributed by atoms with van der Waals surface area (Å²) >= 11 is 5.82. The third kappa shape index (κ3) is 4.30. The van der Waals surface area contributed by atoms with E-state index in [-0.39, 0.29) is 12.0 Å². The van der Waals surface area contributed by atoms with Crippen molar-refractivity contribution in [1.82, 2.24) is 0 Å². The first-order valence-corrected chi connectivity index (χ1v) is 8.00. The number of amides is 1. The molecule has 0 aliphatic carbocycles. The standard InChI is InChI=1S/C16H21ClN2O5/c1-9(17)15(20)19-14-12(18-8-11-4-5-24-11)6-10(16(21)23-3)7-13(14)22-2/h6-7,9,11,18H,4-5,8H2,1-3H3,(H,19,20)/t9?,11-/m0/s1. The molecule has 0 saturated carbocycles. The maximum absolute atomic E-state index is 12.0. The van der Waals surface area contributed by atoms with Crippen LogP contribution >= 0.6 is 11.6 Å². The second kappa shape index (κ2) is 8.21. The average molecular weight is 357 g/mol. The van der Waals surface area contributed by atoms with Gasteiger partial charge in [-0.05, 0) is 25.5 Å². The largest absolute Gasteiger partial charge is 0.494 e. The van der Waals surface area contributed by atoms with Gasteiger partial charge in [0.05, 0.1) is 31.6 Å². The molecule has 0 radical (unpaired) electrons. The number of anilines is 2. The van der Waals surface area contributed by atoms with Crippen molar-refractivity contribution in [1.29, 1.82) is 0 Å². The second-order valence-corrected chi connectivity index (χ2v) is 6.01. The van der Waals surface area contributed by atoms with E-state index >= 15 is 0 Å². The quantitative estimate of drug-likeness (QED) is 0.575. The van der Waals surface area contributed by atoms with Gasteiger partial charge in [-0.15, -0.1) is 11.6 Å². The van der Waals surface area contributed by atoms with Crippen molar-refractivity contribution in [2.75, 3.05) is 38.0 Å². The van der Waals surface area contributed by atoms with Gasteiger partial charge in [-0.3, -0.25) is 4.79 Å². The van der Waals surface area contributed by atoms with Crippen LogP contribution < -0.4 is 15.4 Å². The predicted octanol–water partition coefficient (Wildman–Crippen LogP) is 2.25. The van der Waals surface area contributed by atoms with Crippen LogP contribution in [0.1, 0.15) is 23.7 Å². The topological polar surface area (TPSA) is 85.9 Å². The molecule has 2 atom stereocenters. The lowest BCUT2D eigenvalue weighted by Crippen LogP contribution is -2.33. The Morgan fingerprint density at radius 3 is 2.62 bits per heavy atom. The van der Waals surface area contributed by atoms with E-state index in [1.807, 2.05) is 0 Å². The van der Waals surface area contributed by atoms with Crippen LogP contribution in [0.25, 0.3) is 0 Å². The third-order valence-electron chi connectivity index (χ3n) is 3.67.